The Morgan fingerprint density at radius 3 is 1.85 bits per heavy atom. The number of halogens is 2. The van der Waals surface area contributed by atoms with Crippen LogP contribution < -0.4 is 29.6 Å². The van der Waals surface area contributed by atoms with E-state index in [0.717, 1.165) is 72.2 Å². The number of nitrogens with zero attached hydrogens (tertiary/aromatic N) is 6. The van der Waals surface area contributed by atoms with E-state index in [1.165, 1.54) is 37.8 Å². The molecule has 0 saturated heterocycles. The number of ketones is 1. The molecule has 3 unspecified atom stereocenters. The molecular weight excluding hydrogens is 608 g/mol. The van der Waals surface area contributed by atoms with Crippen molar-refractivity contribution in [3.8, 4) is 22.5 Å². The third-order valence-electron chi connectivity index (χ3n) is 10.2. The van der Waals surface area contributed by atoms with Crippen LogP contribution >= 0.6 is 0 Å². The minimum atomic E-state index is -0.493. The molecule has 3 atom stereocenters. The van der Waals surface area contributed by atoms with Crippen LogP contribution in [0.25, 0.3) is 22.5 Å². The van der Waals surface area contributed by atoms with Crippen LogP contribution in [0.3, 0.4) is 0 Å². The monoisotopic (exact) mass is 651 g/mol. The summed E-state index contributed by atoms with van der Waals surface area (Å²) in [6, 6.07) is 2.78. The molecule has 8 rings (SSSR count). The molecule has 0 amide bonds. The van der Waals surface area contributed by atoms with Gasteiger partial charge in [0.15, 0.2) is 0 Å². The summed E-state index contributed by atoms with van der Waals surface area (Å²) in [4.78, 5) is 28.5. The Balaban J connectivity index is 0.000000240. The predicted molar refractivity (Wildman–Crippen MR) is 174 cm³/mol. The third-order valence-corrected chi connectivity index (χ3v) is 10.2. The summed E-state index contributed by atoms with van der Waals surface area (Å²) in [7, 11) is 0. The molecule has 47 heavy (non-hydrogen) atoms. The number of carbonyl (C=O) groups excluding carboxylic acids is 1. The first-order valence-electron chi connectivity index (χ1n) is 16.0. The van der Waals surface area contributed by atoms with Crippen LogP contribution in [-0.4, -0.2) is 54.5 Å². The van der Waals surface area contributed by atoms with Crippen LogP contribution in [0.15, 0.2) is 49.6 Å². The van der Waals surface area contributed by atoms with Gasteiger partial charge in [-0.2, -0.15) is 8.78 Å². The minimum Gasteiger partial charge on any atom is -1.00 e. The Bertz CT molecular complexity index is 1660. The van der Waals surface area contributed by atoms with Crippen LogP contribution in [-0.2, 0) is 4.79 Å². The van der Waals surface area contributed by atoms with E-state index in [-0.39, 0.29) is 70.9 Å². The second kappa shape index (κ2) is 16.1. The van der Waals surface area contributed by atoms with Gasteiger partial charge in [0.25, 0.3) is 0 Å². The van der Waals surface area contributed by atoms with Crippen molar-refractivity contribution in [3.05, 3.63) is 72.6 Å². The number of rotatable bonds is 6. The Kier molecular flexibility index (Phi) is 12.7. The first-order valence-corrected chi connectivity index (χ1v) is 16.0. The average Bonchev–Trinajstić information content (AvgIpc) is 3.83. The van der Waals surface area contributed by atoms with Crippen LogP contribution in [0.4, 0.5) is 8.78 Å². The van der Waals surface area contributed by atoms with Gasteiger partial charge in [-0.3, -0.25) is 4.79 Å². The van der Waals surface area contributed by atoms with E-state index in [9.17, 15) is 18.7 Å². The average molecular weight is 652 g/mol. The van der Waals surface area contributed by atoms with Gasteiger partial charge < -0.3 is 15.7 Å². The summed E-state index contributed by atoms with van der Waals surface area (Å²) >= 11 is 0. The molecule has 2 fully saturated rings. The minimum absolute atomic E-state index is 0. The Morgan fingerprint density at radius 1 is 0.809 bits per heavy atom. The van der Waals surface area contributed by atoms with Crippen molar-refractivity contribution in [1.82, 2.24) is 29.1 Å². The molecular formula is C35H43BF2N6NaO2. The maximum Gasteiger partial charge on any atom is 1.00 e. The van der Waals surface area contributed by atoms with E-state index in [1.54, 1.807) is 37.4 Å². The predicted octanol–water partition coefficient (Wildman–Crippen LogP) is 4.22. The standard InChI is InChI=1S/C17H20FN3O.C17H18FN3O.CH4.B.Na.H/c2*18-17-6-12-13(8-20-17)15-9-19-10-21(15)14(12)7-16(22)11-4-2-1-3-5-11;;;;/h6,8-11,14,16,22H,1-5,7H2;6,8-11,14H,1-5,7H2;1H4;;;/q;;;;+1;-1. The van der Waals surface area contributed by atoms with E-state index in [4.69, 9.17) is 0 Å². The molecule has 0 aromatic carbocycles. The number of aliphatic hydroxyl groups is 1. The van der Waals surface area contributed by atoms with Crippen molar-refractivity contribution in [2.24, 2.45) is 11.8 Å². The Morgan fingerprint density at radius 2 is 1.30 bits per heavy atom. The first kappa shape index (κ1) is 37.1. The molecule has 12 heteroatoms. The number of fused-ring (bicyclic) bond motifs is 6. The van der Waals surface area contributed by atoms with Gasteiger partial charge in [-0.05, 0) is 61.3 Å². The molecule has 2 aliphatic heterocycles. The number of hydrogen-bond acceptors (Lipinski definition) is 6. The van der Waals surface area contributed by atoms with E-state index in [2.05, 4.69) is 19.9 Å². The molecule has 4 aliphatic rings. The quantitative estimate of drug-likeness (QED) is 0.248. The van der Waals surface area contributed by atoms with Gasteiger partial charge in [0.2, 0.25) is 11.9 Å². The fourth-order valence-electron chi connectivity index (χ4n) is 7.86. The van der Waals surface area contributed by atoms with Crippen molar-refractivity contribution in [3.63, 3.8) is 0 Å². The number of hydrogen-bond donors (Lipinski definition) is 1. The van der Waals surface area contributed by atoms with Crippen LogP contribution in [0, 0.1) is 23.7 Å². The van der Waals surface area contributed by atoms with Gasteiger partial charge in [-0.15, -0.1) is 0 Å². The third kappa shape index (κ3) is 7.48. The zero-order valence-corrected chi connectivity index (χ0v) is 28.4. The molecule has 4 aromatic heterocycles. The SMILES string of the molecule is C.O=C(CC1c2cc(F)ncc2-c2cncn21)C1CCCCC1.OC(CC1c2cc(F)ncc2-c2cncn21)C1CCCCC1.[B].[H-].[Na+]. The zero-order valence-electron chi connectivity index (χ0n) is 27.4. The van der Waals surface area contributed by atoms with E-state index >= 15 is 0 Å². The van der Waals surface area contributed by atoms with Crippen LogP contribution in [0.5, 0.6) is 0 Å². The second-order valence-electron chi connectivity index (χ2n) is 12.8. The van der Waals surface area contributed by atoms with E-state index < -0.39 is 11.9 Å². The van der Waals surface area contributed by atoms with Gasteiger partial charge in [0.1, 0.15) is 5.78 Å². The first-order chi connectivity index (χ1) is 21.5. The summed E-state index contributed by atoms with van der Waals surface area (Å²) in [6.45, 7) is 0. The number of Topliss-reactive ketones (excluding diaryl/α,β-unsaturated/α-hetero) is 1. The summed E-state index contributed by atoms with van der Waals surface area (Å²) < 4.78 is 31.1. The topological polar surface area (TPSA) is 98.7 Å². The van der Waals surface area contributed by atoms with Gasteiger partial charge in [-0.25, -0.2) is 19.9 Å². The number of imidazole rings is 2. The van der Waals surface area contributed by atoms with Crippen molar-refractivity contribution < 1.29 is 49.7 Å². The maximum atomic E-state index is 13.6. The Labute approximate surface area is 301 Å². The van der Waals surface area contributed by atoms with Gasteiger partial charge in [0.05, 0.1) is 54.6 Å². The maximum absolute atomic E-state index is 13.6. The molecule has 0 spiro atoms. The normalized spacial score (nSPS) is 20.1. The van der Waals surface area contributed by atoms with Gasteiger partial charge in [-0.1, -0.05) is 46.0 Å². The molecule has 2 saturated carbocycles. The van der Waals surface area contributed by atoms with Crippen LogP contribution in [0.1, 0.15) is 109 Å². The smallest absolute Gasteiger partial charge is 1.00 e. The Hall–Kier alpha value is -2.73. The van der Waals surface area contributed by atoms with Gasteiger partial charge in [0, 0.05) is 44.3 Å². The van der Waals surface area contributed by atoms with Gasteiger partial charge >= 0.3 is 29.6 Å². The van der Waals surface area contributed by atoms with Crippen molar-refractivity contribution >= 4 is 14.2 Å². The molecule has 4 aromatic rings. The zero-order chi connectivity index (χ0) is 30.2. The fraction of sp³-hybridized carbons (Fsp3) is 0.514. The largest absolute Gasteiger partial charge is 1.00 e. The van der Waals surface area contributed by atoms with Crippen molar-refractivity contribution in [2.75, 3.05) is 0 Å². The fourth-order valence-corrected chi connectivity index (χ4v) is 7.86. The number of aromatic nitrogens is 6. The van der Waals surface area contributed by atoms with E-state index in [0.29, 0.717) is 24.5 Å². The summed E-state index contributed by atoms with van der Waals surface area (Å²) in [5.74, 6) is -0.107. The number of carbonyl (C=O) groups is 1. The summed E-state index contributed by atoms with van der Waals surface area (Å²) in [6.07, 6.45) is 22.3. The molecule has 243 valence electrons. The molecule has 8 nitrogen and oxygen atoms in total. The van der Waals surface area contributed by atoms with Crippen molar-refractivity contribution in [2.45, 2.75) is 103 Å². The molecule has 6 heterocycles. The summed E-state index contributed by atoms with van der Waals surface area (Å²) in [5.41, 5.74) is 5.47. The van der Waals surface area contributed by atoms with Crippen LogP contribution in [0.2, 0.25) is 0 Å². The molecule has 0 bridgehead atoms. The number of aliphatic hydroxyl groups excluding tert-OH is 1. The number of pyridine rings is 2. The second-order valence-corrected chi connectivity index (χ2v) is 12.8. The molecule has 1 N–H and O–H groups in total. The van der Waals surface area contributed by atoms with E-state index in [1.807, 2.05) is 9.13 Å². The molecule has 2 aliphatic carbocycles. The molecule has 3 radical (unpaired) electrons. The summed E-state index contributed by atoms with van der Waals surface area (Å²) in [5, 5.41) is 10.6. The van der Waals surface area contributed by atoms with Crippen molar-refractivity contribution in [1.29, 1.82) is 0 Å².